The number of piperidine rings is 1. The monoisotopic (exact) mass is 272 g/mol. The number of rotatable bonds is 1. The lowest BCUT2D eigenvalue weighted by Crippen LogP contribution is -2.52. The van der Waals surface area contributed by atoms with Crippen LogP contribution in [0.5, 0.6) is 0 Å². The van der Waals surface area contributed by atoms with Crippen molar-refractivity contribution in [3.8, 4) is 0 Å². The van der Waals surface area contributed by atoms with E-state index in [2.05, 4.69) is 37.4 Å². The molecular weight excluding hydrogens is 248 g/mol. The van der Waals surface area contributed by atoms with Gasteiger partial charge in [-0.05, 0) is 49.3 Å². The third-order valence-corrected chi connectivity index (χ3v) is 4.58. The maximum absolute atomic E-state index is 12.9. The zero-order chi connectivity index (χ0) is 14.1. The van der Waals surface area contributed by atoms with Crippen molar-refractivity contribution in [2.75, 3.05) is 18.0 Å². The second kappa shape index (κ2) is 5.57. The molecule has 0 spiro atoms. The molecule has 3 unspecified atom stereocenters. The Morgan fingerprint density at radius 3 is 2.85 bits per heavy atom. The molecule has 1 aromatic rings. The van der Waals surface area contributed by atoms with Gasteiger partial charge in [-0.2, -0.15) is 0 Å². The molecule has 1 amide bonds. The summed E-state index contributed by atoms with van der Waals surface area (Å²) in [5.41, 5.74) is 2.43. The number of fused-ring (bicyclic) bond motifs is 1. The third kappa shape index (κ3) is 2.59. The van der Waals surface area contributed by atoms with E-state index in [1.807, 2.05) is 11.0 Å². The Labute approximate surface area is 121 Å². The number of hydrogen-bond donors (Lipinski definition) is 1. The van der Waals surface area contributed by atoms with Crippen LogP contribution in [0.25, 0.3) is 0 Å². The van der Waals surface area contributed by atoms with Crippen LogP contribution in [0.15, 0.2) is 24.3 Å². The molecule has 3 nitrogen and oxygen atoms in total. The highest BCUT2D eigenvalue weighted by molar-refractivity contribution is 5.98. The second-order valence-corrected chi connectivity index (χ2v) is 6.52. The van der Waals surface area contributed by atoms with Crippen molar-refractivity contribution < 1.29 is 4.79 Å². The number of nitrogens with zero attached hydrogens (tertiary/aromatic N) is 1. The summed E-state index contributed by atoms with van der Waals surface area (Å²) in [5.74, 6) is 1.44. The van der Waals surface area contributed by atoms with E-state index in [0.717, 1.165) is 31.6 Å². The van der Waals surface area contributed by atoms with Crippen LogP contribution in [0.3, 0.4) is 0 Å². The first-order chi connectivity index (χ1) is 9.65. The predicted molar refractivity (Wildman–Crippen MR) is 81.9 cm³/mol. The van der Waals surface area contributed by atoms with Crippen LogP contribution < -0.4 is 10.2 Å². The molecule has 0 bridgehead atoms. The standard InChI is InChI=1S/C17H24N2O/c1-12-7-8-18-15(10-12)17(20)19-11-13(2)9-14-5-3-4-6-16(14)19/h3-6,12-13,15,18H,7-11H2,1-2H3. The minimum Gasteiger partial charge on any atom is -0.311 e. The number of anilines is 1. The summed E-state index contributed by atoms with van der Waals surface area (Å²) in [6.07, 6.45) is 3.22. The summed E-state index contributed by atoms with van der Waals surface area (Å²) in [4.78, 5) is 14.9. The molecule has 0 saturated carbocycles. The van der Waals surface area contributed by atoms with Gasteiger partial charge in [0, 0.05) is 12.2 Å². The molecule has 3 atom stereocenters. The number of carbonyl (C=O) groups is 1. The zero-order valence-corrected chi connectivity index (χ0v) is 12.4. The Kier molecular flexibility index (Phi) is 3.79. The van der Waals surface area contributed by atoms with Crippen molar-refractivity contribution in [2.24, 2.45) is 11.8 Å². The zero-order valence-electron chi connectivity index (χ0n) is 12.4. The summed E-state index contributed by atoms with van der Waals surface area (Å²) in [6, 6.07) is 8.34. The lowest BCUT2D eigenvalue weighted by molar-refractivity contribution is -0.121. The normalized spacial score (nSPS) is 29.9. The van der Waals surface area contributed by atoms with Gasteiger partial charge in [-0.1, -0.05) is 32.0 Å². The Bertz CT molecular complexity index is 500. The quantitative estimate of drug-likeness (QED) is 0.852. The van der Waals surface area contributed by atoms with Gasteiger partial charge in [0.05, 0.1) is 6.04 Å². The van der Waals surface area contributed by atoms with Gasteiger partial charge in [-0.25, -0.2) is 0 Å². The SMILES string of the molecule is CC1CCNC(C(=O)N2CC(C)Cc3ccccc32)C1. The first-order valence-electron chi connectivity index (χ1n) is 7.78. The Morgan fingerprint density at radius 2 is 2.05 bits per heavy atom. The van der Waals surface area contributed by atoms with Gasteiger partial charge in [0.25, 0.3) is 0 Å². The minimum atomic E-state index is -0.00268. The Hall–Kier alpha value is -1.35. The van der Waals surface area contributed by atoms with Crippen LogP contribution in [0.4, 0.5) is 5.69 Å². The van der Waals surface area contributed by atoms with Gasteiger partial charge < -0.3 is 10.2 Å². The second-order valence-electron chi connectivity index (χ2n) is 6.52. The largest absolute Gasteiger partial charge is 0.311 e. The summed E-state index contributed by atoms with van der Waals surface area (Å²) < 4.78 is 0. The van der Waals surface area contributed by atoms with E-state index < -0.39 is 0 Å². The van der Waals surface area contributed by atoms with E-state index in [1.54, 1.807) is 0 Å². The van der Waals surface area contributed by atoms with E-state index >= 15 is 0 Å². The fraction of sp³-hybridized carbons (Fsp3) is 0.588. The van der Waals surface area contributed by atoms with Gasteiger partial charge in [0.1, 0.15) is 0 Å². The summed E-state index contributed by atoms with van der Waals surface area (Å²) in [7, 11) is 0. The number of para-hydroxylation sites is 1. The van der Waals surface area contributed by atoms with Gasteiger partial charge in [0.15, 0.2) is 0 Å². The molecule has 20 heavy (non-hydrogen) atoms. The molecule has 1 N–H and O–H groups in total. The summed E-state index contributed by atoms with van der Waals surface area (Å²) in [5, 5.41) is 3.40. The van der Waals surface area contributed by atoms with E-state index in [0.29, 0.717) is 11.8 Å². The maximum atomic E-state index is 12.9. The molecule has 2 aliphatic rings. The average molecular weight is 272 g/mol. The summed E-state index contributed by atoms with van der Waals surface area (Å²) in [6.45, 7) is 6.28. The molecule has 0 radical (unpaired) electrons. The maximum Gasteiger partial charge on any atom is 0.244 e. The van der Waals surface area contributed by atoms with Gasteiger partial charge in [0.2, 0.25) is 5.91 Å². The van der Waals surface area contributed by atoms with Crippen molar-refractivity contribution in [1.29, 1.82) is 0 Å². The first-order valence-corrected chi connectivity index (χ1v) is 7.78. The van der Waals surface area contributed by atoms with Crippen LogP contribution >= 0.6 is 0 Å². The lowest BCUT2D eigenvalue weighted by Gasteiger charge is -2.37. The summed E-state index contributed by atoms with van der Waals surface area (Å²) >= 11 is 0. The third-order valence-electron chi connectivity index (χ3n) is 4.58. The molecule has 0 aromatic heterocycles. The van der Waals surface area contributed by atoms with Gasteiger partial charge >= 0.3 is 0 Å². The van der Waals surface area contributed by atoms with Crippen molar-refractivity contribution >= 4 is 11.6 Å². The Morgan fingerprint density at radius 1 is 1.25 bits per heavy atom. The number of carbonyl (C=O) groups excluding carboxylic acids is 1. The van der Waals surface area contributed by atoms with E-state index in [9.17, 15) is 4.79 Å². The average Bonchev–Trinajstić information content (AvgIpc) is 2.45. The topological polar surface area (TPSA) is 32.3 Å². The van der Waals surface area contributed by atoms with Crippen LogP contribution in [0.2, 0.25) is 0 Å². The van der Waals surface area contributed by atoms with E-state index in [4.69, 9.17) is 0 Å². The molecule has 3 rings (SSSR count). The first kappa shape index (κ1) is 13.6. The fourth-order valence-electron chi connectivity index (χ4n) is 3.49. The number of nitrogens with one attached hydrogen (secondary N) is 1. The van der Waals surface area contributed by atoms with Crippen LogP contribution in [0.1, 0.15) is 32.3 Å². The molecule has 2 heterocycles. The molecule has 3 heteroatoms. The van der Waals surface area contributed by atoms with Crippen molar-refractivity contribution in [3.05, 3.63) is 29.8 Å². The van der Waals surface area contributed by atoms with Crippen LogP contribution in [-0.4, -0.2) is 25.0 Å². The fourth-order valence-corrected chi connectivity index (χ4v) is 3.49. The van der Waals surface area contributed by atoms with Crippen molar-refractivity contribution in [1.82, 2.24) is 5.32 Å². The Balaban J connectivity index is 1.84. The van der Waals surface area contributed by atoms with Crippen molar-refractivity contribution in [2.45, 2.75) is 39.2 Å². The van der Waals surface area contributed by atoms with Crippen LogP contribution in [-0.2, 0) is 11.2 Å². The molecule has 108 valence electrons. The number of hydrogen-bond acceptors (Lipinski definition) is 2. The molecule has 1 saturated heterocycles. The smallest absolute Gasteiger partial charge is 0.244 e. The molecular formula is C17H24N2O. The predicted octanol–water partition coefficient (Wildman–Crippen LogP) is 2.60. The highest BCUT2D eigenvalue weighted by Gasteiger charge is 2.32. The van der Waals surface area contributed by atoms with Crippen molar-refractivity contribution in [3.63, 3.8) is 0 Å². The van der Waals surface area contributed by atoms with Crippen LogP contribution in [0, 0.1) is 11.8 Å². The van der Waals surface area contributed by atoms with E-state index in [1.165, 1.54) is 12.0 Å². The highest BCUT2D eigenvalue weighted by Crippen LogP contribution is 2.30. The molecule has 0 aliphatic carbocycles. The number of amides is 1. The van der Waals surface area contributed by atoms with Gasteiger partial charge in [-0.15, -0.1) is 0 Å². The van der Waals surface area contributed by atoms with Gasteiger partial charge in [-0.3, -0.25) is 4.79 Å². The molecule has 1 fully saturated rings. The highest BCUT2D eigenvalue weighted by atomic mass is 16.2. The number of benzene rings is 1. The minimum absolute atomic E-state index is 0.00268. The van der Waals surface area contributed by atoms with E-state index in [-0.39, 0.29) is 11.9 Å². The molecule has 2 aliphatic heterocycles. The molecule has 1 aromatic carbocycles. The lowest BCUT2D eigenvalue weighted by atomic mass is 9.90.